The van der Waals surface area contributed by atoms with E-state index in [0.717, 1.165) is 24.3 Å². The van der Waals surface area contributed by atoms with Gasteiger partial charge in [-0.15, -0.1) is 16.4 Å². The van der Waals surface area contributed by atoms with E-state index in [0.29, 0.717) is 30.7 Å². The highest BCUT2D eigenvalue weighted by Gasteiger charge is 2.24. The lowest BCUT2D eigenvalue weighted by Gasteiger charge is -2.33. The highest BCUT2D eigenvalue weighted by atomic mass is 32.1. The number of nitrogens with zero attached hydrogens (tertiary/aromatic N) is 5. The number of piperidine rings is 1. The first-order valence-corrected chi connectivity index (χ1v) is 9.83. The summed E-state index contributed by atoms with van der Waals surface area (Å²) in [5.74, 6) is 0.277. The zero-order valence-corrected chi connectivity index (χ0v) is 15.6. The van der Waals surface area contributed by atoms with Crippen molar-refractivity contribution >= 4 is 28.8 Å². The molecule has 0 saturated carbocycles. The van der Waals surface area contributed by atoms with E-state index in [1.807, 2.05) is 22.4 Å². The van der Waals surface area contributed by atoms with Crippen LogP contribution in [0.25, 0.3) is 5.65 Å². The first-order valence-electron chi connectivity index (χ1n) is 8.95. The topological polar surface area (TPSA) is 92.5 Å². The summed E-state index contributed by atoms with van der Waals surface area (Å²) in [5.41, 5.74) is 1.11. The third-order valence-electron chi connectivity index (χ3n) is 4.78. The van der Waals surface area contributed by atoms with Gasteiger partial charge in [0.2, 0.25) is 5.91 Å². The summed E-state index contributed by atoms with van der Waals surface area (Å²) < 4.78 is 1.47. The van der Waals surface area contributed by atoms with Crippen molar-refractivity contribution in [3.63, 3.8) is 0 Å². The second-order valence-electron chi connectivity index (χ2n) is 6.71. The summed E-state index contributed by atoms with van der Waals surface area (Å²) in [6.07, 6.45) is 4.05. The summed E-state index contributed by atoms with van der Waals surface area (Å²) in [7, 11) is 0. The normalized spacial score (nSPS) is 17.2. The Morgan fingerprint density at radius 1 is 1.30 bits per heavy atom. The minimum atomic E-state index is -0.158. The van der Waals surface area contributed by atoms with E-state index in [1.54, 1.807) is 29.7 Å². The number of fused-ring (bicyclic) bond motifs is 1. The smallest absolute Gasteiger partial charge is 0.252 e. The largest absolute Gasteiger partial charge is 0.352 e. The van der Waals surface area contributed by atoms with Crippen LogP contribution in [-0.4, -0.2) is 56.4 Å². The van der Waals surface area contributed by atoms with Crippen molar-refractivity contribution in [2.75, 3.05) is 19.6 Å². The van der Waals surface area contributed by atoms with E-state index in [2.05, 4.69) is 20.8 Å². The van der Waals surface area contributed by atoms with Gasteiger partial charge in [-0.3, -0.25) is 9.59 Å². The second-order valence-corrected chi connectivity index (χ2v) is 7.75. The van der Waals surface area contributed by atoms with Gasteiger partial charge in [0.25, 0.3) is 5.91 Å². The number of pyridine rings is 1. The summed E-state index contributed by atoms with van der Waals surface area (Å²) in [5, 5.41) is 16.2. The molecule has 1 aliphatic rings. The molecule has 140 valence electrons. The average molecular weight is 384 g/mol. The van der Waals surface area contributed by atoms with Crippen LogP contribution in [0.3, 0.4) is 0 Å². The minimum Gasteiger partial charge on any atom is -0.352 e. The Bertz CT molecular complexity index is 938. The van der Waals surface area contributed by atoms with Crippen LogP contribution >= 0.6 is 11.3 Å². The Morgan fingerprint density at radius 2 is 2.22 bits per heavy atom. The molecule has 0 radical (unpaired) electrons. The molecule has 0 bridgehead atoms. The lowest BCUT2D eigenvalue weighted by molar-refractivity contribution is -0.132. The van der Waals surface area contributed by atoms with Gasteiger partial charge in [0.1, 0.15) is 0 Å². The molecule has 8 nitrogen and oxygen atoms in total. The molecule has 0 aliphatic carbocycles. The number of amides is 2. The van der Waals surface area contributed by atoms with Crippen LogP contribution in [0.4, 0.5) is 0 Å². The maximum Gasteiger partial charge on any atom is 0.252 e. The predicted octanol–water partition coefficient (Wildman–Crippen LogP) is 1.40. The number of carbonyl (C=O) groups excluding carboxylic acids is 2. The van der Waals surface area contributed by atoms with Gasteiger partial charge in [0.05, 0.1) is 12.0 Å². The molecular weight excluding hydrogens is 364 g/mol. The van der Waals surface area contributed by atoms with Crippen molar-refractivity contribution in [2.45, 2.75) is 19.3 Å². The number of nitrogens with one attached hydrogen (secondary N) is 1. The molecule has 1 aliphatic heterocycles. The lowest BCUT2D eigenvalue weighted by atomic mass is 9.97. The summed E-state index contributed by atoms with van der Waals surface area (Å²) in [6, 6.07) is 7.37. The molecule has 1 unspecified atom stereocenters. The molecule has 27 heavy (non-hydrogen) atoms. The summed E-state index contributed by atoms with van der Waals surface area (Å²) in [6.45, 7) is 2.04. The van der Waals surface area contributed by atoms with Crippen LogP contribution in [0.2, 0.25) is 0 Å². The maximum absolute atomic E-state index is 12.5. The number of thiophene rings is 1. The SMILES string of the molecule is O=C(NCC1CCCN(C(=O)Cc2cccs2)C1)c1ccc2nnnn2c1. The molecule has 2 amide bonds. The Balaban J connectivity index is 1.31. The van der Waals surface area contributed by atoms with Gasteiger partial charge in [-0.05, 0) is 52.8 Å². The Morgan fingerprint density at radius 3 is 3.07 bits per heavy atom. The number of carbonyl (C=O) groups is 2. The van der Waals surface area contributed by atoms with Crippen LogP contribution in [0, 0.1) is 5.92 Å². The molecule has 3 aromatic heterocycles. The lowest BCUT2D eigenvalue weighted by Crippen LogP contribution is -2.44. The molecule has 9 heteroatoms. The van der Waals surface area contributed by atoms with Crippen LogP contribution in [0.15, 0.2) is 35.8 Å². The zero-order valence-electron chi connectivity index (χ0n) is 14.7. The fourth-order valence-electron chi connectivity index (χ4n) is 3.35. The van der Waals surface area contributed by atoms with Gasteiger partial charge < -0.3 is 10.2 Å². The average Bonchev–Trinajstić information content (AvgIpc) is 3.37. The number of hydrogen-bond acceptors (Lipinski definition) is 6. The fourth-order valence-corrected chi connectivity index (χ4v) is 4.04. The molecule has 3 aromatic rings. The van der Waals surface area contributed by atoms with E-state index in [-0.39, 0.29) is 17.7 Å². The molecule has 4 heterocycles. The van der Waals surface area contributed by atoms with Crippen molar-refractivity contribution in [3.05, 3.63) is 46.3 Å². The number of rotatable bonds is 5. The van der Waals surface area contributed by atoms with Crippen molar-refractivity contribution in [2.24, 2.45) is 5.92 Å². The van der Waals surface area contributed by atoms with Gasteiger partial charge in [-0.25, -0.2) is 0 Å². The standard InChI is InChI=1S/C18H20N6O2S/c25-17(9-15-4-2-8-27-15)23-7-1-3-13(11-23)10-19-18(26)14-5-6-16-20-21-22-24(16)12-14/h2,4-6,8,12-13H,1,3,7,9-11H2,(H,19,26). The Labute approximate surface area is 160 Å². The van der Waals surface area contributed by atoms with Crippen LogP contribution < -0.4 is 5.32 Å². The molecule has 1 atom stereocenters. The Hall–Kier alpha value is -2.81. The third kappa shape index (κ3) is 4.13. The van der Waals surface area contributed by atoms with E-state index < -0.39 is 0 Å². The van der Waals surface area contributed by atoms with Crippen molar-refractivity contribution in [1.29, 1.82) is 0 Å². The van der Waals surface area contributed by atoms with Crippen molar-refractivity contribution in [3.8, 4) is 0 Å². The monoisotopic (exact) mass is 384 g/mol. The number of aromatic nitrogens is 4. The Kier molecular flexibility index (Phi) is 5.10. The highest BCUT2D eigenvalue weighted by Crippen LogP contribution is 2.18. The minimum absolute atomic E-state index is 0.158. The van der Waals surface area contributed by atoms with E-state index >= 15 is 0 Å². The zero-order chi connectivity index (χ0) is 18.6. The maximum atomic E-state index is 12.5. The third-order valence-corrected chi connectivity index (χ3v) is 5.66. The predicted molar refractivity (Wildman–Crippen MR) is 100 cm³/mol. The molecule has 0 aromatic carbocycles. The van der Waals surface area contributed by atoms with Gasteiger partial charge in [0.15, 0.2) is 5.65 Å². The first kappa shape index (κ1) is 17.6. The van der Waals surface area contributed by atoms with Gasteiger partial charge in [-0.2, -0.15) is 4.52 Å². The number of hydrogen-bond donors (Lipinski definition) is 1. The second kappa shape index (κ2) is 7.83. The van der Waals surface area contributed by atoms with Crippen molar-refractivity contribution in [1.82, 2.24) is 30.3 Å². The molecule has 1 N–H and O–H groups in total. The highest BCUT2D eigenvalue weighted by molar-refractivity contribution is 7.10. The fraction of sp³-hybridized carbons (Fsp3) is 0.389. The van der Waals surface area contributed by atoms with Crippen LogP contribution in [0.5, 0.6) is 0 Å². The first-order chi connectivity index (χ1) is 13.2. The molecule has 4 rings (SSSR count). The van der Waals surface area contributed by atoms with E-state index in [9.17, 15) is 9.59 Å². The quantitative estimate of drug-likeness (QED) is 0.718. The van der Waals surface area contributed by atoms with Gasteiger partial charge >= 0.3 is 0 Å². The van der Waals surface area contributed by atoms with E-state index in [1.165, 1.54) is 4.52 Å². The molecule has 0 spiro atoms. The molecular formula is C18H20N6O2S. The van der Waals surface area contributed by atoms with Gasteiger partial charge in [0, 0.05) is 30.7 Å². The molecule has 1 saturated heterocycles. The number of likely N-dealkylation sites (tertiary alicyclic amines) is 1. The number of tetrazole rings is 1. The van der Waals surface area contributed by atoms with Crippen molar-refractivity contribution < 1.29 is 9.59 Å². The van der Waals surface area contributed by atoms with Crippen LogP contribution in [-0.2, 0) is 11.2 Å². The van der Waals surface area contributed by atoms with E-state index in [4.69, 9.17) is 0 Å². The summed E-state index contributed by atoms with van der Waals surface area (Å²) in [4.78, 5) is 27.9. The van der Waals surface area contributed by atoms with Gasteiger partial charge in [-0.1, -0.05) is 6.07 Å². The van der Waals surface area contributed by atoms with Crippen LogP contribution in [0.1, 0.15) is 28.1 Å². The molecule has 1 fully saturated rings. The summed E-state index contributed by atoms with van der Waals surface area (Å²) >= 11 is 1.61.